The second kappa shape index (κ2) is 9.72. The number of H-pyrrole nitrogens is 2. The summed E-state index contributed by atoms with van der Waals surface area (Å²) in [5, 5.41) is 18.3. The number of fused-ring (bicyclic) bond motifs is 2. The number of para-hydroxylation sites is 2. The van der Waals surface area contributed by atoms with Gasteiger partial charge in [0.15, 0.2) is 5.82 Å². The molecule has 39 heavy (non-hydrogen) atoms. The second-order valence-electron chi connectivity index (χ2n) is 9.97. The Balaban J connectivity index is 1.45. The van der Waals surface area contributed by atoms with Crippen LogP contribution in [0.5, 0.6) is 5.75 Å². The third-order valence-electron chi connectivity index (χ3n) is 7.48. The van der Waals surface area contributed by atoms with Gasteiger partial charge in [-0.25, -0.2) is 10.1 Å². The van der Waals surface area contributed by atoms with Crippen molar-refractivity contribution in [3.8, 4) is 28.3 Å². The Bertz CT molecular complexity index is 1710. The average Bonchev–Trinajstić information content (AvgIpc) is 3.61. The van der Waals surface area contributed by atoms with Gasteiger partial charge in [0.05, 0.1) is 23.3 Å². The van der Waals surface area contributed by atoms with Gasteiger partial charge in [-0.15, -0.1) is 5.10 Å². The monoisotopic (exact) mass is 513 g/mol. The zero-order valence-corrected chi connectivity index (χ0v) is 21.4. The number of nitrogens with one attached hydrogen (secondary N) is 3. The van der Waals surface area contributed by atoms with Crippen LogP contribution in [0.1, 0.15) is 30.4 Å². The van der Waals surface area contributed by atoms with Gasteiger partial charge >= 0.3 is 0 Å². The predicted octanol–water partition coefficient (Wildman–Crippen LogP) is 6.70. The number of imidazole rings is 1. The van der Waals surface area contributed by atoms with Crippen LogP contribution in [0.4, 0.5) is 11.6 Å². The molecule has 0 bridgehead atoms. The molecule has 7 rings (SSSR count). The Morgan fingerprint density at radius 1 is 0.897 bits per heavy atom. The lowest BCUT2D eigenvalue weighted by Crippen LogP contribution is -2.11. The van der Waals surface area contributed by atoms with Gasteiger partial charge in [0, 0.05) is 17.0 Å². The summed E-state index contributed by atoms with van der Waals surface area (Å²) in [6.07, 6.45) is 0.952. The molecule has 0 radical (unpaired) electrons. The Morgan fingerprint density at radius 2 is 1.69 bits per heavy atom. The normalized spacial score (nSPS) is 16.8. The third-order valence-corrected chi connectivity index (χ3v) is 7.48. The molecule has 0 aliphatic carbocycles. The molecule has 6 aromatic rings. The lowest BCUT2D eigenvalue weighted by Gasteiger charge is -2.25. The minimum Gasteiger partial charge on any atom is -0.491 e. The number of tetrazole rings is 1. The first-order chi connectivity index (χ1) is 19.2. The summed E-state index contributed by atoms with van der Waals surface area (Å²) in [6, 6.07) is 31.3. The van der Waals surface area contributed by atoms with Gasteiger partial charge in [-0.3, -0.25) is 0 Å². The predicted molar refractivity (Wildman–Crippen MR) is 152 cm³/mol. The number of ether oxygens (including phenoxy) is 1. The van der Waals surface area contributed by atoms with Crippen LogP contribution in [0, 0.1) is 5.92 Å². The van der Waals surface area contributed by atoms with Crippen molar-refractivity contribution in [3.63, 3.8) is 0 Å². The largest absolute Gasteiger partial charge is 0.491 e. The highest BCUT2D eigenvalue weighted by atomic mass is 16.5. The van der Waals surface area contributed by atoms with Crippen LogP contribution in [-0.4, -0.2) is 37.2 Å². The van der Waals surface area contributed by atoms with Gasteiger partial charge < -0.3 is 15.0 Å². The summed E-state index contributed by atoms with van der Waals surface area (Å²) >= 11 is 0. The molecule has 8 nitrogen and oxygen atoms in total. The molecule has 2 aromatic heterocycles. The van der Waals surface area contributed by atoms with Crippen LogP contribution < -0.4 is 10.1 Å². The number of rotatable bonds is 5. The SMILES string of the molecule is CC1CCOc2c(Nc3nc4ccccc4[nH]3)cc(-c3ccccc3-c3nnn[nH]3)cc2C1c1ccccc1. The van der Waals surface area contributed by atoms with Crippen LogP contribution in [0.15, 0.2) is 91.0 Å². The highest BCUT2D eigenvalue weighted by Crippen LogP contribution is 2.47. The summed E-state index contributed by atoms with van der Waals surface area (Å²) in [5.41, 5.74) is 8.15. The van der Waals surface area contributed by atoms with E-state index in [1.165, 1.54) is 5.56 Å². The summed E-state index contributed by atoms with van der Waals surface area (Å²) in [4.78, 5) is 8.18. The maximum absolute atomic E-state index is 6.50. The number of anilines is 2. The van der Waals surface area contributed by atoms with E-state index in [-0.39, 0.29) is 5.92 Å². The fourth-order valence-corrected chi connectivity index (χ4v) is 5.63. The molecule has 4 aromatic carbocycles. The zero-order chi connectivity index (χ0) is 26.2. The van der Waals surface area contributed by atoms with Crippen LogP contribution in [-0.2, 0) is 0 Å². The van der Waals surface area contributed by atoms with Crippen LogP contribution in [0.25, 0.3) is 33.5 Å². The lowest BCUT2D eigenvalue weighted by atomic mass is 9.79. The van der Waals surface area contributed by atoms with Crippen LogP contribution in [0.3, 0.4) is 0 Å². The van der Waals surface area contributed by atoms with E-state index < -0.39 is 0 Å². The minimum atomic E-state index is 0.166. The molecule has 3 N–H and O–H groups in total. The number of aromatic nitrogens is 6. The highest BCUT2D eigenvalue weighted by molar-refractivity contribution is 5.86. The first-order valence-electron chi connectivity index (χ1n) is 13.2. The molecule has 2 unspecified atom stereocenters. The molecular weight excluding hydrogens is 486 g/mol. The van der Waals surface area contributed by atoms with E-state index >= 15 is 0 Å². The molecular formula is C31H27N7O. The van der Waals surface area contributed by atoms with Crippen molar-refractivity contribution in [2.24, 2.45) is 5.92 Å². The maximum Gasteiger partial charge on any atom is 0.205 e. The minimum absolute atomic E-state index is 0.166. The Labute approximate surface area is 225 Å². The highest BCUT2D eigenvalue weighted by Gasteiger charge is 2.30. The summed E-state index contributed by atoms with van der Waals surface area (Å²) in [7, 11) is 0. The molecule has 1 aliphatic heterocycles. The van der Waals surface area contributed by atoms with Crippen molar-refractivity contribution in [3.05, 3.63) is 102 Å². The molecule has 0 saturated carbocycles. The van der Waals surface area contributed by atoms with Crippen molar-refractivity contribution in [1.82, 2.24) is 30.6 Å². The van der Waals surface area contributed by atoms with Gasteiger partial charge in [-0.2, -0.15) is 0 Å². The smallest absolute Gasteiger partial charge is 0.205 e. The van der Waals surface area contributed by atoms with E-state index in [0.29, 0.717) is 24.3 Å². The summed E-state index contributed by atoms with van der Waals surface area (Å²) in [5.74, 6) is 2.70. The first-order valence-corrected chi connectivity index (χ1v) is 13.2. The quantitative estimate of drug-likeness (QED) is 0.237. The first kappa shape index (κ1) is 23.2. The number of hydrogen-bond acceptors (Lipinski definition) is 6. The van der Waals surface area contributed by atoms with E-state index in [0.717, 1.165) is 51.1 Å². The molecule has 8 heteroatoms. The topological polar surface area (TPSA) is 104 Å². The maximum atomic E-state index is 6.50. The van der Waals surface area contributed by atoms with Gasteiger partial charge in [0.1, 0.15) is 5.75 Å². The molecule has 0 amide bonds. The molecule has 1 aliphatic rings. The Kier molecular flexibility index (Phi) is 5.77. The third kappa shape index (κ3) is 4.29. The van der Waals surface area contributed by atoms with E-state index in [1.807, 2.05) is 42.5 Å². The van der Waals surface area contributed by atoms with Crippen molar-refractivity contribution >= 4 is 22.7 Å². The van der Waals surface area contributed by atoms with Gasteiger partial charge in [-0.1, -0.05) is 73.7 Å². The van der Waals surface area contributed by atoms with E-state index in [1.54, 1.807) is 0 Å². The lowest BCUT2D eigenvalue weighted by molar-refractivity contribution is 0.298. The average molecular weight is 514 g/mol. The van der Waals surface area contributed by atoms with Crippen molar-refractivity contribution in [2.75, 3.05) is 11.9 Å². The molecule has 2 atom stereocenters. The standard InChI is InChI=1S/C31H27N7O/c1-19-15-16-39-29-24(28(19)20-9-3-2-4-10-20)17-21(22-11-5-6-12-23(22)30-35-37-38-36-30)18-27(29)34-31-32-25-13-7-8-14-26(25)33-31/h2-14,17-19,28H,15-16H2,1H3,(H2,32,33,34)(H,35,36,37,38). The zero-order valence-electron chi connectivity index (χ0n) is 21.4. The van der Waals surface area contributed by atoms with Gasteiger partial charge in [0.25, 0.3) is 0 Å². The van der Waals surface area contributed by atoms with Crippen molar-refractivity contribution < 1.29 is 4.74 Å². The van der Waals surface area contributed by atoms with E-state index in [4.69, 9.17) is 9.72 Å². The number of hydrogen-bond donors (Lipinski definition) is 3. The van der Waals surface area contributed by atoms with Gasteiger partial charge in [0.2, 0.25) is 5.95 Å². The molecule has 0 spiro atoms. The van der Waals surface area contributed by atoms with Crippen LogP contribution >= 0.6 is 0 Å². The van der Waals surface area contributed by atoms with Crippen molar-refractivity contribution in [2.45, 2.75) is 19.3 Å². The van der Waals surface area contributed by atoms with E-state index in [9.17, 15) is 0 Å². The number of aromatic amines is 2. The number of nitrogens with zero attached hydrogens (tertiary/aromatic N) is 4. The Morgan fingerprint density at radius 3 is 2.51 bits per heavy atom. The molecule has 0 saturated heterocycles. The fourth-order valence-electron chi connectivity index (χ4n) is 5.63. The summed E-state index contributed by atoms with van der Waals surface area (Å²) < 4.78 is 6.50. The molecule has 0 fully saturated rings. The molecule has 192 valence electrons. The Hall–Kier alpha value is -4.98. The molecule has 3 heterocycles. The van der Waals surface area contributed by atoms with Crippen molar-refractivity contribution in [1.29, 1.82) is 0 Å². The van der Waals surface area contributed by atoms with Gasteiger partial charge in [-0.05, 0) is 63.7 Å². The second-order valence-corrected chi connectivity index (χ2v) is 9.97. The number of benzene rings is 4. The summed E-state index contributed by atoms with van der Waals surface area (Å²) in [6.45, 7) is 2.95. The van der Waals surface area contributed by atoms with E-state index in [2.05, 4.69) is 86.4 Å². The fraction of sp³-hybridized carbons (Fsp3) is 0.161. The van der Waals surface area contributed by atoms with Crippen LogP contribution in [0.2, 0.25) is 0 Å².